The Hall–Kier alpha value is -1.55. The highest BCUT2D eigenvalue weighted by molar-refractivity contribution is 8.04. The Balaban J connectivity index is 2.07. The third-order valence-electron chi connectivity index (χ3n) is 3.17. The molecule has 3 nitrogen and oxygen atoms in total. The van der Waals surface area contributed by atoms with Gasteiger partial charge in [0, 0.05) is 6.21 Å². The van der Waals surface area contributed by atoms with Gasteiger partial charge in [-0.2, -0.15) is 0 Å². The summed E-state index contributed by atoms with van der Waals surface area (Å²) in [5, 5.41) is 1.89. The lowest BCUT2D eigenvalue weighted by Crippen LogP contribution is -2.31. The number of carbonyl (C=O) groups is 1. The standard InChI is InChI=1S/C13H11NO2S/c1-16-12(15)9-8-17-13-6-3-2-4-11(13)14-7-5-10(9)13/h2-5,7-8H,6H2,1H3. The number of carbonyl (C=O) groups excluding carboxylic acids is 1. The predicted molar refractivity (Wildman–Crippen MR) is 68.8 cm³/mol. The number of methoxy groups -OCH3 is 1. The summed E-state index contributed by atoms with van der Waals surface area (Å²) in [5.41, 5.74) is 2.68. The van der Waals surface area contributed by atoms with Crippen LogP contribution in [0.25, 0.3) is 0 Å². The van der Waals surface area contributed by atoms with Gasteiger partial charge in [-0.05, 0) is 29.6 Å². The monoisotopic (exact) mass is 245 g/mol. The van der Waals surface area contributed by atoms with Crippen molar-refractivity contribution in [3.8, 4) is 0 Å². The van der Waals surface area contributed by atoms with Gasteiger partial charge in [-0.1, -0.05) is 12.2 Å². The van der Waals surface area contributed by atoms with Crippen LogP contribution in [0.4, 0.5) is 0 Å². The number of ether oxygens (including phenoxy) is 1. The van der Waals surface area contributed by atoms with E-state index in [0.29, 0.717) is 5.57 Å². The highest BCUT2D eigenvalue weighted by Crippen LogP contribution is 2.54. The molecular formula is C13H11NO2S. The number of hydrogen-bond acceptors (Lipinski definition) is 4. The van der Waals surface area contributed by atoms with Gasteiger partial charge >= 0.3 is 5.97 Å². The first kappa shape index (κ1) is 10.6. The smallest absolute Gasteiger partial charge is 0.338 e. The minimum absolute atomic E-state index is 0.201. The average molecular weight is 245 g/mol. The van der Waals surface area contributed by atoms with Crippen LogP contribution < -0.4 is 0 Å². The Labute approximate surface area is 104 Å². The van der Waals surface area contributed by atoms with E-state index in [1.54, 1.807) is 18.0 Å². The van der Waals surface area contributed by atoms with Gasteiger partial charge < -0.3 is 4.74 Å². The van der Waals surface area contributed by atoms with Crippen LogP contribution in [0.5, 0.6) is 0 Å². The molecule has 0 aromatic carbocycles. The van der Waals surface area contributed by atoms with Crippen LogP contribution in [-0.2, 0) is 9.53 Å². The second kappa shape index (κ2) is 3.74. The molecule has 0 aromatic heterocycles. The minimum atomic E-state index is -0.273. The predicted octanol–water partition coefficient (Wildman–Crippen LogP) is 2.38. The Kier molecular flexibility index (Phi) is 2.33. The zero-order valence-electron chi connectivity index (χ0n) is 9.34. The van der Waals surface area contributed by atoms with Crippen molar-refractivity contribution in [2.24, 2.45) is 4.99 Å². The van der Waals surface area contributed by atoms with E-state index in [4.69, 9.17) is 4.74 Å². The summed E-state index contributed by atoms with van der Waals surface area (Å²) >= 11 is 1.65. The maximum atomic E-state index is 11.7. The van der Waals surface area contributed by atoms with Crippen molar-refractivity contribution >= 4 is 23.9 Å². The lowest BCUT2D eigenvalue weighted by Gasteiger charge is -2.33. The van der Waals surface area contributed by atoms with E-state index in [9.17, 15) is 4.79 Å². The van der Waals surface area contributed by atoms with E-state index >= 15 is 0 Å². The topological polar surface area (TPSA) is 38.7 Å². The van der Waals surface area contributed by atoms with Crippen LogP contribution in [0, 0.1) is 0 Å². The highest BCUT2D eigenvalue weighted by Gasteiger charge is 2.46. The van der Waals surface area contributed by atoms with E-state index in [2.05, 4.69) is 11.1 Å². The summed E-state index contributed by atoms with van der Waals surface area (Å²) < 4.78 is 4.61. The normalized spacial score (nSPS) is 28.9. The highest BCUT2D eigenvalue weighted by atomic mass is 32.2. The summed E-state index contributed by atoms with van der Waals surface area (Å²) in [6.07, 6.45) is 10.7. The van der Waals surface area contributed by atoms with E-state index < -0.39 is 0 Å². The second-order valence-corrected chi connectivity index (χ2v) is 5.18. The Morgan fingerprint density at radius 1 is 1.53 bits per heavy atom. The lowest BCUT2D eigenvalue weighted by atomic mass is 9.83. The zero-order chi connectivity index (χ0) is 11.9. The van der Waals surface area contributed by atoms with Gasteiger partial charge in [-0.15, -0.1) is 11.8 Å². The van der Waals surface area contributed by atoms with E-state index in [1.807, 2.05) is 23.6 Å². The summed E-state index contributed by atoms with van der Waals surface area (Å²) in [6, 6.07) is 0. The van der Waals surface area contributed by atoms with E-state index in [-0.39, 0.29) is 10.7 Å². The van der Waals surface area contributed by atoms with Crippen molar-refractivity contribution in [2.45, 2.75) is 11.2 Å². The molecule has 86 valence electrons. The average Bonchev–Trinajstić information content (AvgIpc) is 2.75. The van der Waals surface area contributed by atoms with Crippen LogP contribution in [0.1, 0.15) is 6.42 Å². The van der Waals surface area contributed by atoms with Crippen LogP contribution in [0.15, 0.2) is 51.5 Å². The Morgan fingerprint density at radius 3 is 3.24 bits per heavy atom. The molecule has 0 amide bonds. The SMILES string of the molecule is COC(=O)C1=CSC23CC=CC=C2N=CC=C13. The van der Waals surface area contributed by atoms with Gasteiger partial charge in [-0.25, -0.2) is 4.79 Å². The van der Waals surface area contributed by atoms with Crippen molar-refractivity contribution in [2.75, 3.05) is 7.11 Å². The van der Waals surface area contributed by atoms with E-state index in [1.165, 1.54) is 7.11 Å². The molecule has 2 aliphatic heterocycles. The van der Waals surface area contributed by atoms with Crippen molar-refractivity contribution < 1.29 is 9.53 Å². The van der Waals surface area contributed by atoms with E-state index in [0.717, 1.165) is 17.7 Å². The molecule has 1 atom stereocenters. The number of nitrogens with zero attached hydrogens (tertiary/aromatic N) is 1. The molecule has 3 rings (SSSR count). The van der Waals surface area contributed by atoms with Crippen LogP contribution >= 0.6 is 11.8 Å². The van der Waals surface area contributed by atoms with Crippen LogP contribution in [-0.4, -0.2) is 24.0 Å². The van der Waals surface area contributed by atoms with Gasteiger partial charge in [0.05, 0.1) is 23.1 Å². The quantitative estimate of drug-likeness (QED) is 0.666. The number of thioether (sulfide) groups is 1. The van der Waals surface area contributed by atoms with Crippen molar-refractivity contribution in [1.29, 1.82) is 0 Å². The number of aliphatic imine (C=N–C) groups is 1. The van der Waals surface area contributed by atoms with Gasteiger partial charge in [0.1, 0.15) is 0 Å². The summed E-state index contributed by atoms with van der Waals surface area (Å²) in [6.45, 7) is 0. The fourth-order valence-corrected chi connectivity index (χ4v) is 3.61. The molecule has 2 heterocycles. The summed E-state index contributed by atoms with van der Waals surface area (Å²) in [7, 11) is 1.41. The number of rotatable bonds is 1. The van der Waals surface area contributed by atoms with Crippen molar-refractivity contribution in [1.82, 2.24) is 0 Å². The molecule has 0 bridgehead atoms. The van der Waals surface area contributed by atoms with Gasteiger partial charge in [0.25, 0.3) is 0 Å². The first-order valence-electron chi connectivity index (χ1n) is 5.37. The van der Waals surface area contributed by atoms with Crippen molar-refractivity contribution in [3.63, 3.8) is 0 Å². The number of dihydropyridines is 1. The van der Waals surface area contributed by atoms with Crippen molar-refractivity contribution in [3.05, 3.63) is 46.6 Å². The fraction of sp³-hybridized carbons (Fsp3) is 0.231. The molecule has 0 radical (unpaired) electrons. The lowest BCUT2D eigenvalue weighted by molar-refractivity contribution is -0.135. The van der Waals surface area contributed by atoms with Crippen LogP contribution in [0.3, 0.4) is 0 Å². The molecule has 1 unspecified atom stereocenters. The molecule has 0 fully saturated rings. The Bertz CT molecular complexity index is 540. The Morgan fingerprint density at radius 2 is 2.41 bits per heavy atom. The molecule has 0 saturated carbocycles. The molecule has 1 spiro atoms. The maximum absolute atomic E-state index is 11.7. The fourth-order valence-electron chi connectivity index (χ4n) is 2.32. The second-order valence-electron chi connectivity index (χ2n) is 4.01. The first-order valence-corrected chi connectivity index (χ1v) is 6.25. The molecular weight excluding hydrogens is 234 g/mol. The summed E-state index contributed by atoms with van der Waals surface area (Å²) in [4.78, 5) is 16.1. The van der Waals surface area contributed by atoms with Gasteiger partial charge in [-0.3, -0.25) is 4.99 Å². The van der Waals surface area contributed by atoms with Gasteiger partial charge in [0.2, 0.25) is 0 Å². The molecule has 0 N–H and O–H groups in total. The molecule has 0 aromatic rings. The third-order valence-corrected chi connectivity index (χ3v) is 4.52. The van der Waals surface area contributed by atoms with Gasteiger partial charge in [0.15, 0.2) is 0 Å². The summed E-state index contributed by atoms with van der Waals surface area (Å²) in [5.74, 6) is -0.273. The molecule has 1 aliphatic carbocycles. The molecule has 3 aliphatic rings. The number of esters is 1. The third kappa shape index (κ3) is 1.37. The molecule has 0 saturated heterocycles. The minimum Gasteiger partial charge on any atom is -0.465 e. The van der Waals surface area contributed by atoms with Crippen LogP contribution in [0.2, 0.25) is 0 Å². The zero-order valence-corrected chi connectivity index (χ0v) is 10.2. The maximum Gasteiger partial charge on any atom is 0.338 e. The first-order chi connectivity index (χ1) is 8.28. The largest absolute Gasteiger partial charge is 0.465 e. The number of allylic oxidation sites excluding steroid dienone is 4. The number of hydrogen-bond donors (Lipinski definition) is 0. The molecule has 17 heavy (non-hydrogen) atoms. The molecule has 4 heteroatoms.